The number of imidazole rings is 1. The van der Waals surface area contributed by atoms with Crippen LogP contribution < -0.4 is 25.3 Å². The molecule has 9 heteroatoms. The molecule has 0 spiro atoms. The number of hydrogen-bond donors (Lipinski definition) is 3. The normalized spacial score (nSPS) is 10.6. The Morgan fingerprint density at radius 1 is 1.04 bits per heavy atom. The molecule has 2 heterocycles. The van der Waals surface area contributed by atoms with Crippen LogP contribution in [0.3, 0.4) is 0 Å². The first-order valence-electron chi connectivity index (χ1n) is 6.69. The van der Waals surface area contributed by atoms with E-state index >= 15 is 0 Å². The molecule has 0 aliphatic carbocycles. The molecule has 0 bridgehead atoms. The lowest BCUT2D eigenvalue weighted by atomic mass is 10.2. The fraction of sp³-hybridized carbons (Fsp3) is 0.214. The molecule has 4 N–H and O–H groups in total. The third kappa shape index (κ3) is 2.63. The Hall–Kier alpha value is -3.23. The highest BCUT2D eigenvalue weighted by atomic mass is 16.5. The summed E-state index contributed by atoms with van der Waals surface area (Å²) in [6, 6.07) is 3.53. The Kier molecular flexibility index (Phi) is 3.75. The Morgan fingerprint density at radius 2 is 1.74 bits per heavy atom. The number of hydrogen-bond acceptors (Lipinski definition) is 8. The lowest BCUT2D eigenvalue weighted by Gasteiger charge is -2.14. The van der Waals surface area contributed by atoms with Crippen LogP contribution >= 0.6 is 0 Å². The molecule has 1 aromatic carbocycles. The van der Waals surface area contributed by atoms with E-state index in [1.54, 1.807) is 33.5 Å². The van der Waals surface area contributed by atoms with Crippen molar-refractivity contribution in [3.63, 3.8) is 0 Å². The van der Waals surface area contributed by atoms with Gasteiger partial charge in [-0.25, -0.2) is 15.0 Å². The molecule has 23 heavy (non-hydrogen) atoms. The molecule has 9 nitrogen and oxygen atoms in total. The standard InChI is InChI=1S/C14H16N6O3/c1-21-8-4-7(5-9(22-2)11(8)23-3)18-14-19-10-12(15)16-6-17-13(10)20-14/h4-6H,1-3H3,(H4,15,16,17,18,19,20). The maximum Gasteiger partial charge on any atom is 0.207 e. The van der Waals surface area contributed by atoms with Gasteiger partial charge in [0.2, 0.25) is 11.7 Å². The number of aromatic nitrogens is 4. The first-order chi connectivity index (χ1) is 11.2. The predicted octanol–water partition coefficient (Wildman–Crippen LogP) is 1.70. The summed E-state index contributed by atoms with van der Waals surface area (Å²) >= 11 is 0. The van der Waals surface area contributed by atoms with Gasteiger partial charge in [-0.3, -0.25) is 0 Å². The minimum Gasteiger partial charge on any atom is -0.493 e. The smallest absolute Gasteiger partial charge is 0.207 e. The highest BCUT2D eigenvalue weighted by Gasteiger charge is 2.14. The van der Waals surface area contributed by atoms with Crippen molar-refractivity contribution in [1.82, 2.24) is 19.9 Å². The van der Waals surface area contributed by atoms with E-state index in [1.807, 2.05) is 0 Å². The number of anilines is 3. The molecule has 3 aromatic rings. The van der Waals surface area contributed by atoms with E-state index < -0.39 is 0 Å². The van der Waals surface area contributed by atoms with Crippen molar-refractivity contribution >= 4 is 28.6 Å². The Morgan fingerprint density at radius 3 is 2.30 bits per heavy atom. The van der Waals surface area contributed by atoms with Crippen LogP contribution in [0, 0.1) is 0 Å². The Bertz CT molecular complexity index is 823. The molecule has 0 saturated heterocycles. The van der Waals surface area contributed by atoms with Crippen LogP contribution in [0.2, 0.25) is 0 Å². The summed E-state index contributed by atoms with van der Waals surface area (Å²) in [5.74, 6) is 2.36. The molecule has 0 aliphatic heterocycles. The minimum atomic E-state index is 0.309. The molecule has 3 rings (SSSR count). The molecular weight excluding hydrogens is 300 g/mol. The van der Waals surface area contributed by atoms with Gasteiger partial charge in [-0.15, -0.1) is 0 Å². The zero-order valence-corrected chi connectivity index (χ0v) is 12.9. The summed E-state index contributed by atoms with van der Waals surface area (Å²) in [5, 5.41) is 3.12. The summed E-state index contributed by atoms with van der Waals surface area (Å²) < 4.78 is 15.9. The fourth-order valence-electron chi connectivity index (χ4n) is 2.20. The average Bonchev–Trinajstić information content (AvgIpc) is 2.97. The van der Waals surface area contributed by atoms with Crippen LogP contribution in [-0.4, -0.2) is 41.3 Å². The minimum absolute atomic E-state index is 0.309. The molecule has 0 amide bonds. The van der Waals surface area contributed by atoms with Crippen LogP contribution in [-0.2, 0) is 0 Å². The van der Waals surface area contributed by atoms with Crippen molar-refractivity contribution < 1.29 is 14.2 Å². The van der Waals surface area contributed by atoms with E-state index in [4.69, 9.17) is 19.9 Å². The van der Waals surface area contributed by atoms with E-state index in [2.05, 4.69) is 25.3 Å². The van der Waals surface area contributed by atoms with E-state index in [9.17, 15) is 0 Å². The number of nitrogen functional groups attached to an aromatic ring is 1. The number of nitrogens with zero attached hydrogens (tertiary/aromatic N) is 3. The largest absolute Gasteiger partial charge is 0.493 e. The summed E-state index contributed by atoms with van der Waals surface area (Å²) in [6.07, 6.45) is 1.37. The van der Waals surface area contributed by atoms with Gasteiger partial charge in [0.1, 0.15) is 6.33 Å². The van der Waals surface area contributed by atoms with Crippen molar-refractivity contribution in [3.8, 4) is 17.2 Å². The number of methoxy groups -OCH3 is 3. The highest BCUT2D eigenvalue weighted by Crippen LogP contribution is 2.40. The zero-order chi connectivity index (χ0) is 16.4. The Labute approximate surface area is 131 Å². The fourth-order valence-corrected chi connectivity index (χ4v) is 2.20. The van der Waals surface area contributed by atoms with Gasteiger partial charge >= 0.3 is 0 Å². The lowest BCUT2D eigenvalue weighted by molar-refractivity contribution is 0.324. The number of aromatic amines is 1. The summed E-state index contributed by atoms with van der Waals surface area (Å²) in [5.41, 5.74) is 7.52. The van der Waals surface area contributed by atoms with Gasteiger partial charge in [0.05, 0.1) is 21.3 Å². The van der Waals surface area contributed by atoms with Gasteiger partial charge in [0.15, 0.2) is 28.5 Å². The van der Waals surface area contributed by atoms with Gasteiger partial charge < -0.3 is 30.2 Å². The van der Waals surface area contributed by atoms with E-state index in [0.717, 1.165) is 0 Å². The van der Waals surface area contributed by atoms with Crippen molar-refractivity contribution in [2.75, 3.05) is 32.4 Å². The van der Waals surface area contributed by atoms with Gasteiger partial charge in [0, 0.05) is 17.8 Å². The molecule has 0 atom stereocenters. The van der Waals surface area contributed by atoms with Gasteiger partial charge in [-0.2, -0.15) is 0 Å². The van der Waals surface area contributed by atoms with Crippen LogP contribution in [0.4, 0.5) is 17.5 Å². The van der Waals surface area contributed by atoms with Gasteiger partial charge in [-0.1, -0.05) is 0 Å². The summed E-state index contributed by atoms with van der Waals surface area (Å²) in [4.78, 5) is 15.3. The van der Waals surface area contributed by atoms with E-state index in [-0.39, 0.29) is 0 Å². The predicted molar refractivity (Wildman–Crippen MR) is 85.5 cm³/mol. The van der Waals surface area contributed by atoms with E-state index in [1.165, 1.54) is 6.33 Å². The first kappa shape index (κ1) is 14.7. The third-order valence-electron chi connectivity index (χ3n) is 3.24. The summed E-state index contributed by atoms with van der Waals surface area (Å²) in [7, 11) is 4.66. The SMILES string of the molecule is COc1cc(Nc2nc3c(N)ncnc3[nH]2)cc(OC)c1OC. The molecule has 0 saturated carbocycles. The lowest BCUT2D eigenvalue weighted by Crippen LogP contribution is -1.98. The van der Waals surface area contributed by atoms with Crippen LogP contribution in [0.1, 0.15) is 0 Å². The number of rotatable bonds is 5. The number of ether oxygens (including phenoxy) is 3. The van der Waals surface area contributed by atoms with Crippen LogP contribution in [0.5, 0.6) is 17.2 Å². The molecule has 0 aliphatic rings. The molecule has 0 fully saturated rings. The molecule has 120 valence electrons. The topological polar surface area (TPSA) is 120 Å². The molecule has 0 unspecified atom stereocenters. The van der Waals surface area contributed by atoms with Crippen LogP contribution in [0.25, 0.3) is 11.2 Å². The molecule has 0 radical (unpaired) electrons. The third-order valence-corrected chi connectivity index (χ3v) is 3.24. The number of fused-ring (bicyclic) bond motifs is 1. The number of H-pyrrole nitrogens is 1. The van der Waals surface area contributed by atoms with Gasteiger partial charge in [-0.05, 0) is 0 Å². The monoisotopic (exact) mass is 316 g/mol. The highest BCUT2D eigenvalue weighted by molar-refractivity contribution is 5.83. The van der Waals surface area contributed by atoms with Crippen molar-refractivity contribution in [3.05, 3.63) is 18.5 Å². The molecular formula is C14H16N6O3. The first-order valence-corrected chi connectivity index (χ1v) is 6.69. The average molecular weight is 316 g/mol. The maximum absolute atomic E-state index is 5.77. The van der Waals surface area contributed by atoms with E-state index in [0.29, 0.717) is 45.9 Å². The molecule has 2 aromatic heterocycles. The van der Waals surface area contributed by atoms with Gasteiger partial charge in [0.25, 0.3) is 0 Å². The zero-order valence-electron chi connectivity index (χ0n) is 12.9. The Balaban J connectivity index is 1.99. The number of nitrogens with one attached hydrogen (secondary N) is 2. The second-order valence-electron chi connectivity index (χ2n) is 4.58. The number of nitrogens with two attached hydrogens (primary N) is 1. The quantitative estimate of drug-likeness (QED) is 0.650. The second kappa shape index (κ2) is 5.87. The number of benzene rings is 1. The van der Waals surface area contributed by atoms with Crippen LogP contribution in [0.15, 0.2) is 18.5 Å². The maximum atomic E-state index is 5.77. The van der Waals surface area contributed by atoms with Crippen molar-refractivity contribution in [1.29, 1.82) is 0 Å². The van der Waals surface area contributed by atoms with Crippen molar-refractivity contribution in [2.24, 2.45) is 0 Å². The second-order valence-corrected chi connectivity index (χ2v) is 4.58. The summed E-state index contributed by atoms with van der Waals surface area (Å²) in [6.45, 7) is 0. The van der Waals surface area contributed by atoms with Crippen molar-refractivity contribution in [2.45, 2.75) is 0 Å².